The lowest BCUT2D eigenvalue weighted by Gasteiger charge is -2.12. The molecule has 0 radical (unpaired) electrons. The first-order valence-electron chi connectivity index (χ1n) is 8.34. The van der Waals surface area contributed by atoms with Gasteiger partial charge in [-0.25, -0.2) is 4.99 Å². The van der Waals surface area contributed by atoms with Crippen LogP contribution in [0.5, 0.6) is 11.5 Å². The van der Waals surface area contributed by atoms with E-state index in [2.05, 4.69) is 20.9 Å². The zero-order chi connectivity index (χ0) is 19.4. The number of likely N-dealkylation sites (N-methyl/N-ethyl adjacent to an activating group) is 1. The number of thioether (sulfide) groups is 1. The van der Waals surface area contributed by atoms with E-state index < -0.39 is 0 Å². The van der Waals surface area contributed by atoms with Crippen LogP contribution in [-0.4, -0.2) is 36.7 Å². The second kappa shape index (κ2) is 8.63. The number of amidine groups is 1. The SMILES string of the molecule is CCN1C(=O)/C(=C\c2cc(Br)c(OC)cc2OC)SC1=Nc1ccccc1. The van der Waals surface area contributed by atoms with E-state index in [9.17, 15) is 4.79 Å². The van der Waals surface area contributed by atoms with Crippen molar-refractivity contribution in [1.29, 1.82) is 0 Å². The summed E-state index contributed by atoms with van der Waals surface area (Å²) in [6.45, 7) is 2.49. The number of hydrogen-bond acceptors (Lipinski definition) is 5. The Morgan fingerprint density at radius 3 is 2.48 bits per heavy atom. The molecule has 27 heavy (non-hydrogen) atoms. The van der Waals surface area contributed by atoms with E-state index in [0.29, 0.717) is 28.1 Å². The molecule has 0 saturated carbocycles. The molecule has 0 aromatic heterocycles. The van der Waals surface area contributed by atoms with Gasteiger partial charge >= 0.3 is 0 Å². The monoisotopic (exact) mass is 446 g/mol. The van der Waals surface area contributed by atoms with Crippen LogP contribution in [0.3, 0.4) is 0 Å². The molecule has 0 unspecified atom stereocenters. The fourth-order valence-corrected chi connectivity index (χ4v) is 4.20. The van der Waals surface area contributed by atoms with Crippen molar-refractivity contribution < 1.29 is 14.3 Å². The Morgan fingerprint density at radius 1 is 1.15 bits per heavy atom. The van der Waals surface area contributed by atoms with Gasteiger partial charge in [-0.3, -0.25) is 9.69 Å². The van der Waals surface area contributed by atoms with Crippen LogP contribution in [0.25, 0.3) is 6.08 Å². The third-order valence-corrected chi connectivity index (χ3v) is 5.60. The van der Waals surface area contributed by atoms with Crippen molar-refractivity contribution in [1.82, 2.24) is 4.90 Å². The quantitative estimate of drug-likeness (QED) is 0.600. The van der Waals surface area contributed by atoms with Gasteiger partial charge in [0.05, 0.1) is 29.3 Å². The summed E-state index contributed by atoms with van der Waals surface area (Å²) in [7, 11) is 3.19. The number of methoxy groups -OCH3 is 2. The largest absolute Gasteiger partial charge is 0.496 e. The van der Waals surface area contributed by atoms with Gasteiger partial charge < -0.3 is 9.47 Å². The highest BCUT2D eigenvalue weighted by atomic mass is 79.9. The maximum Gasteiger partial charge on any atom is 0.266 e. The van der Waals surface area contributed by atoms with Crippen LogP contribution in [0.4, 0.5) is 5.69 Å². The highest BCUT2D eigenvalue weighted by Crippen LogP contribution is 2.38. The van der Waals surface area contributed by atoms with Gasteiger partial charge in [0.2, 0.25) is 0 Å². The predicted molar refractivity (Wildman–Crippen MR) is 114 cm³/mol. The summed E-state index contributed by atoms with van der Waals surface area (Å²) < 4.78 is 11.5. The van der Waals surface area contributed by atoms with Crippen molar-refractivity contribution in [3.8, 4) is 11.5 Å². The fraction of sp³-hybridized carbons (Fsp3) is 0.200. The number of nitrogens with zero attached hydrogens (tertiary/aromatic N) is 2. The smallest absolute Gasteiger partial charge is 0.266 e. The number of para-hydroxylation sites is 1. The predicted octanol–water partition coefficient (Wildman–Crippen LogP) is 5.09. The molecule has 0 aliphatic carbocycles. The summed E-state index contributed by atoms with van der Waals surface area (Å²) >= 11 is 4.84. The van der Waals surface area contributed by atoms with E-state index in [-0.39, 0.29) is 5.91 Å². The van der Waals surface area contributed by atoms with Gasteiger partial charge in [0.25, 0.3) is 5.91 Å². The summed E-state index contributed by atoms with van der Waals surface area (Å²) in [5, 5.41) is 0.673. The Balaban J connectivity index is 1.99. The minimum absolute atomic E-state index is 0.0637. The highest BCUT2D eigenvalue weighted by molar-refractivity contribution is 9.10. The first-order chi connectivity index (χ1) is 13.1. The molecule has 1 aliphatic heterocycles. The number of carbonyl (C=O) groups excluding carboxylic acids is 1. The summed E-state index contributed by atoms with van der Waals surface area (Å²) in [4.78, 5) is 19.7. The number of halogens is 1. The van der Waals surface area contributed by atoms with Crippen LogP contribution in [0.2, 0.25) is 0 Å². The van der Waals surface area contributed by atoms with Gasteiger partial charge in [-0.2, -0.15) is 0 Å². The topological polar surface area (TPSA) is 51.1 Å². The van der Waals surface area contributed by atoms with E-state index in [1.54, 1.807) is 25.2 Å². The van der Waals surface area contributed by atoms with Crippen LogP contribution in [-0.2, 0) is 4.79 Å². The van der Waals surface area contributed by atoms with E-state index in [1.807, 2.05) is 49.4 Å². The maximum absolute atomic E-state index is 12.8. The molecule has 7 heteroatoms. The molecule has 140 valence electrons. The van der Waals surface area contributed by atoms with Gasteiger partial charge in [-0.15, -0.1) is 0 Å². The molecule has 0 bridgehead atoms. The molecule has 1 saturated heterocycles. The van der Waals surface area contributed by atoms with Crippen LogP contribution >= 0.6 is 27.7 Å². The number of benzene rings is 2. The molecule has 2 aromatic carbocycles. The van der Waals surface area contributed by atoms with Gasteiger partial charge in [0.1, 0.15) is 11.5 Å². The van der Waals surface area contributed by atoms with Crippen molar-refractivity contribution in [2.75, 3.05) is 20.8 Å². The lowest BCUT2D eigenvalue weighted by atomic mass is 10.1. The fourth-order valence-electron chi connectivity index (χ4n) is 2.62. The summed E-state index contributed by atoms with van der Waals surface area (Å²) in [5.41, 5.74) is 1.61. The van der Waals surface area contributed by atoms with E-state index in [4.69, 9.17) is 9.47 Å². The molecule has 2 aromatic rings. The third-order valence-electron chi connectivity index (χ3n) is 3.98. The Kier molecular flexibility index (Phi) is 6.23. The second-order valence-electron chi connectivity index (χ2n) is 5.62. The molecular formula is C20H19BrN2O3S. The van der Waals surface area contributed by atoms with Gasteiger partial charge in [0.15, 0.2) is 5.17 Å². The second-order valence-corrected chi connectivity index (χ2v) is 7.48. The average Bonchev–Trinajstić information content (AvgIpc) is 2.97. The zero-order valence-electron chi connectivity index (χ0n) is 15.2. The molecule has 1 heterocycles. The molecule has 0 N–H and O–H groups in total. The van der Waals surface area contributed by atoms with Crippen LogP contribution in [0, 0.1) is 0 Å². The summed E-state index contributed by atoms with van der Waals surface area (Å²) in [5.74, 6) is 1.24. The Hall–Kier alpha value is -2.25. The molecule has 1 amide bonds. The molecule has 5 nitrogen and oxygen atoms in total. The van der Waals surface area contributed by atoms with E-state index in [1.165, 1.54) is 11.8 Å². The average molecular weight is 447 g/mol. The Morgan fingerprint density at radius 2 is 1.85 bits per heavy atom. The summed E-state index contributed by atoms with van der Waals surface area (Å²) in [6, 6.07) is 13.3. The van der Waals surface area contributed by atoms with Crippen molar-refractivity contribution in [3.05, 3.63) is 57.4 Å². The summed E-state index contributed by atoms with van der Waals surface area (Å²) in [6.07, 6.45) is 1.83. The van der Waals surface area contributed by atoms with Crippen LogP contribution in [0.15, 0.2) is 56.8 Å². The lowest BCUT2D eigenvalue weighted by Crippen LogP contribution is -2.28. The van der Waals surface area contributed by atoms with Crippen molar-refractivity contribution in [3.63, 3.8) is 0 Å². The van der Waals surface area contributed by atoms with Crippen molar-refractivity contribution in [2.24, 2.45) is 4.99 Å². The van der Waals surface area contributed by atoms with Crippen molar-refractivity contribution >= 4 is 50.5 Å². The van der Waals surface area contributed by atoms with E-state index in [0.717, 1.165) is 15.7 Å². The number of hydrogen-bond donors (Lipinski definition) is 0. The molecule has 0 spiro atoms. The normalized spacial score (nSPS) is 17.0. The number of rotatable bonds is 5. The first-order valence-corrected chi connectivity index (χ1v) is 9.95. The number of ether oxygens (including phenoxy) is 2. The molecule has 1 fully saturated rings. The number of carbonyl (C=O) groups is 1. The van der Waals surface area contributed by atoms with Gasteiger partial charge in [-0.1, -0.05) is 18.2 Å². The Labute approximate surface area is 171 Å². The molecular weight excluding hydrogens is 428 g/mol. The molecule has 0 atom stereocenters. The third kappa shape index (κ3) is 4.20. The Bertz CT molecular complexity index is 913. The minimum atomic E-state index is -0.0637. The number of amides is 1. The lowest BCUT2D eigenvalue weighted by molar-refractivity contribution is -0.122. The van der Waals surface area contributed by atoms with Gasteiger partial charge in [0, 0.05) is 18.2 Å². The first kappa shape index (κ1) is 19.5. The standard InChI is InChI=1S/C20H19BrN2O3S/c1-4-23-19(24)18(27-20(23)22-14-8-6-5-7-9-14)11-13-10-15(21)17(26-3)12-16(13)25-2/h5-12H,4H2,1-3H3/b18-11+,22-20?. The zero-order valence-corrected chi connectivity index (χ0v) is 17.6. The minimum Gasteiger partial charge on any atom is -0.496 e. The highest BCUT2D eigenvalue weighted by Gasteiger charge is 2.32. The van der Waals surface area contributed by atoms with Crippen molar-refractivity contribution in [2.45, 2.75) is 6.92 Å². The van der Waals surface area contributed by atoms with Gasteiger partial charge in [-0.05, 0) is 58.9 Å². The maximum atomic E-state index is 12.8. The van der Waals surface area contributed by atoms with E-state index >= 15 is 0 Å². The van der Waals surface area contributed by atoms with Crippen LogP contribution < -0.4 is 9.47 Å². The molecule has 3 rings (SSSR count). The number of aliphatic imine (C=N–C) groups is 1. The molecule has 1 aliphatic rings. The van der Waals surface area contributed by atoms with Crippen LogP contribution in [0.1, 0.15) is 12.5 Å².